The van der Waals surface area contributed by atoms with Gasteiger partial charge in [0.2, 0.25) is 11.8 Å². The molecule has 0 unspecified atom stereocenters. The number of nitrogens with one attached hydrogen (secondary N) is 1. The first-order chi connectivity index (χ1) is 7.86. The van der Waals surface area contributed by atoms with Crippen molar-refractivity contribution in [1.82, 2.24) is 5.32 Å². The fourth-order valence-corrected chi connectivity index (χ4v) is 1.58. The Labute approximate surface area is 101 Å². The van der Waals surface area contributed by atoms with Crippen LogP contribution in [0.3, 0.4) is 0 Å². The number of rotatable bonds is 5. The van der Waals surface area contributed by atoms with Crippen LogP contribution in [0, 0.1) is 5.41 Å². The van der Waals surface area contributed by atoms with Crippen LogP contribution in [0.25, 0.3) is 0 Å². The third-order valence-electron chi connectivity index (χ3n) is 3.03. The lowest BCUT2D eigenvalue weighted by Gasteiger charge is -2.22. The van der Waals surface area contributed by atoms with Crippen molar-refractivity contribution in [2.45, 2.75) is 38.9 Å². The van der Waals surface area contributed by atoms with Crippen LogP contribution >= 0.6 is 0 Å². The van der Waals surface area contributed by atoms with Crippen LogP contribution in [0.4, 0.5) is 0 Å². The quantitative estimate of drug-likeness (QED) is 0.582. The van der Waals surface area contributed by atoms with Gasteiger partial charge in [-0.05, 0) is 26.7 Å². The van der Waals surface area contributed by atoms with Crippen molar-refractivity contribution in [3.8, 4) is 0 Å². The number of hydrogen-bond acceptors (Lipinski definition) is 4. The zero-order chi connectivity index (χ0) is 13.1. The molecule has 2 atom stereocenters. The van der Waals surface area contributed by atoms with Crippen molar-refractivity contribution in [2.75, 3.05) is 13.1 Å². The van der Waals surface area contributed by atoms with Crippen LogP contribution in [0.5, 0.6) is 0 Å². The average Bonchev–Trinajstić information content (AvgIpc) is 2.74. The molecule has 0 bridgehead atoms. The summed E-state index contributed by atoms with van der Waals surface area (Å²) in [7, 11) is 0. The summed E-state index contributed by atoms with van der Waals surface area (Å²) < 4.78 is 5.44. The maximum absolute atomic E-state index is 11.7. The lowest BCUT2D eigenvalue weighted by Crippen LogP contribution is -2.45. The third-order valence-corrected chi connectivity index (χ3v) is 3.03. The summed E-state index contributed by atoms with van der Waals surface area (Å²) in [6, 6.07) is 0. The average molecular weight is 243 g/mol. The molecule has 0 radical (unpaired) electrons. The first-order valence-electron chi connectivity index (χ1n) is 5.80. The first-order valence-corrected chi connectivity index (χ1v) is 5.80. The van der Waals surface area contributed by atoms with Crippen molar-refractivity contribution in [3.05, 3.63) is 0 Å². The van der Waals surface area contributed by atoms with Crippen LogP contribution in [0.1, 0.15) is 26.7 Å². The van der Waals surface area contributed by atoms with Gasteiger partial charge >= 0.3 is 0 Å². The predicted molar refractivity (Wildman–Crippen MR) is 62.9 cm³/mol. The van der Waals surface area contributed by atoms with Crippen molar-refractivity contribution in [3.63, 3.8) is 0 Å². The van der Waals surface area contributed by atoms with Crippen molar-refractivity contribution < 1.29 is 14.3 Å². The van der Waals surface area contributed by atoms with Gasteiger partial charge in [0.25, 0.3) is 0 Å². The normalized spacial score (nSPS) is 24.6. The fraction of sp³-hybridized carbons (Fsp3) is 0.818. The van der Waals surface area contributed by atoms with Crippen LogP contribution in [-0.4, -0.2) is 37.1 Å². The van der Waals surface area contributed by atoms with E-state index in [1.807, 2.05) is 0 Å². The molecular weight excluding hydrogens is 222 g/mol. The highest BCUT2D eigenvalue weighted by molar-refractivity contribution is 5.83. The summed E-state index contributed by atoms with van der Waals surface area (Å²) in [5.41, 5.74) is 9.93. The second-order valence-corrected chi connectivity index (χ2v) is 5.03. The van der Waals surface area contributed by atoms with E-state index in [0.29, 0.717) is 13.0 Å². The Bertz CT molecular complexity index is 304. The minimum absolute atomic E-state index is 0.0325. The van der Waals surface area contributed by atoms with E-state index in [-0.39, 0.29) is 18.6 Å². The molecule has 5 N–H and O–H groups in total. The molecule has 0 spiro atoms. The predicted octanol–water partition coefficient (Wildman–Crippen LogP) is -0.880. The van der Waals surface area contributed by atoms with Crippen LogP contribution in [-0.2, 0) is 14.3 Å². The summed E-state index contributed by atoms with van der Waals surface area (Å²) in [6.07, 6.45) is 0.987. The van der Waals surface area contributed by atoms with E-state index in [0.717, 1.165) is 6.42 Å². The molecule has 0 saturated carbocycles. The molecule has 1 heterocycles. The van der Waals surface area contributed by atoms with Gasteiger partial charge in [0, 0.05) is 13.1 Å². The monoisotopic (exact) mass is 243 g/mol. The Morgan fingerprint density at radius 2 is 2.06 bits per heavy atom. The molecule has 1 saturated heterocycles. The molecule has 0 aliphatic carbocycles. The zero-order valence-electron chi connectivity index (χ0n) is 10.4. The minimum Gasteiger partial charge on any atom is -0.369 e. The summed E-state index contributed by atoms with van der Waals surface area (Å²) in [4.78, 5) is 22.8. The van der Waals surface area contributed by atoms with Gasteiger partial charge in [0.05, 0.1) is 11.5 Å². The Balaban J connectivity index is 2.38. The Kier molecular flexibility index (Phi) is 4.47. The standard InChI is InChI=1S/C11H21N3O3/c1-11(2,10(13)16)6-14-9(15)8-4-3-7(5-12)17-8/h7-8H,3-6,12H2,1-2H3,(H2,13,16)(H,14,15)/t7-,8+/m1/s1. The maximum atomic E-state index is 11.7. The number of carbonyl (C=O) groups excluding carboxylic acids is 2. The highest BCUT2D eigenvalue weighted by atomic mass is 16.5. The topological polar surface area (TPSA) is 107 Å². The Hall–Kier alpha value is -1.14. The van der Waals surface area contributed by atoms with E-state index in [2.05, 4.69) is 5.32 Å². The lowest BCUT2D eigenvalue weighted by molar-refractivity contribution is -0.133. The van der Waals surface area contributed by atoms with Gasteiger partial charge < -0.3 is 21.5 Å². The van der Waals surface area contributed by atoms with E-state index in [9.17, 15) is 9.59 Å². The molecule has 0 aromatic rings. The van der Waals surface area contributed by atoms with Gasteiger partial charge in [-0.25, -0.2) is 0 Å². The molecule has 0 aromatic carbocycles. The van der Waals surface area contributed by atoms with Gasteiger partial charge in [-0.3, -0.25) is 9.59 Å². The third kappa shape index (κ3) is 3.67. The zero-order valence-corrected chi connectivity index (χ0v) is 10.4. The minimum atomic E-state index is -0.748. The fourth-order valence-electron chi connectivity index (χ4n) is 1.58. The second kappa shape index (κ2) is 5.46. The molecule has 1 aliphatic heterocycles. The Morgan fingerprint density at radius 1 is 1.41 bits per heavy atom. The molecule has 2 amide bonds. The molecule has 0 aromatic heterocycles. The first kappa shape index (κ1) is 13.9. The van der Waals surface area contributed by atoms with E-state index >= 15 is 0 Å². The number of carbonyl (C=O) groups is 2. The van der Waals surface area contributed by atoms with Gasteiger partial charge in [-0.15, -0.1) is 0 Å². The summed E-state index contributed by atoms with van der Waals surface area (Å²) in [5, 5.41) is 2.69. The molecule has 6 nitrogen and oxygen atoms in total. The van der Waals surface area contributed by atoms with Gasteiger partial charge in [-0.1, -0.05) is 0 Å². The maximum Gasteiger partial charge on any atom is 0.249 e. The van der Waals surface area contributed by atoms with Gasteiger partial charge in [0.1, 0.15) is 6.10 Å². The number of primary amides is 1. The SMILES string of the molecule is CC(C)(CNC(=O)[C@@H]1CC[C@H](CN)O1)C(N)=O. The number of amides is 2. The van der Waals surface area contributed by atoms with E-state index in [1.54, 1.807) is 13.8 Å². The largest absolute Gasteiger partial charge is 0.369 e. The number of nitrogens with two attached hydrogens (primary N) is 2. The lowest BCUT2D eigenvalue weighted by atomic mass is 9.92. The van der Waals surface area contributed by atoms with Gasteiger partial charge in [-0.2, -0.15) is 0 Å². The van der Waals surface area contributed by atoms with E-state index < -0.39 is 17.4 Å². The Morgan fingerprint density at radius 3 is 2.53 bits per heavy atom. The van der Waals surface area contributed by atoms with Crippen LogP contribution in [0.15, 0.2) is 0 Å². The highest BCUT2D eigenvalue weighted by Gasteiger charge is 2.32. The van der Waals surface area contributed by atoms with Crippen LogP contribution < -0.4 is 16.8 Å². The van der Waals surface area contributed by atoms with Gasteiger partial charge in [0.15, 0.2) is 0 Å². The van der Waals surface area contributed by atoms with Crippen molar-refractivity contribution in [2.24, 2.45) is 16.9 Å². The second-order valence-electron chi connectivity index (χ2n) is 5.03. The molecule has 98 valence electrons. The van der Waals surface area contributed by atoms with E-state index in [4.69, 9.17) is 16.2 Å². The smallest absolute Gasteiger partial charge is 0.249 e. The summed E-state index contributed by atoms with van der Waals surface area (Å²) >= 11 is 0. The van der Waals surface area contributed by atoms with Crippen LogP contribution in [0.2, 0.25) is 0 Å². The molecule has 1 fully saturated rings. The molecule has 6 heteroatoms. The molecular formula is C11H21N3O3. The molecule has 17 heavy (non-hydrogen) atoms. The molecule has 1 rings (SSSR count). The summed E-state index contributed by atoms with van der Waals surface area (Å²) in [5.74, 6) is -0.639. The van der Waals surface area contributed by atoms with Crippen molar-refractivity contribution >= 4 is 11.8 Å². The number of hydrogen-bond donors (Lipinski definition) is 3. The molecule has 1 aliphatic rings. The summed E-state index contributed by atoms with van der Waals surface area (Å²) in [6.45, 7) is 4.02. The highest BCUT2D eigenvalue weighted by Crippen LogP contribution is 2.19. The van der Waals surface area contributed by atoms with E-state index in [1.165, 1.54) is 0 Å². The van der Waals surface area contributed by atoms with Crippen molar-refractivity contribution in [1.29, 1.82) is 0 Å². The number of ether oxygens (including phenoxy) is 1.